The van der Waals surface area contributed by atoms with Crippen LogP contribution >= 0.6 is 0 Å². The van der Waals surface area contributed by atoms with Gasteiger partial charge in [0.15, 0.2) is 11.5 Å². The molecule has 3 aliphatic heterocycles. The highest BCUT2D eigenvalue weighted by Gasteiger charge is 2.45. The summed E-state index contributed by atoms with van der Waals surface area (Å²) < 4.78 is 23.0. The van der Waals surface area contributed by atoms with Crippen LogP contribution < -0.4 is 9.47 Å². The smallest absolute Gasteiger partial charge is 0.252 e. The summed E-state index contributed by atoms with van der Waals surface area (Å²) in [5, 5.41) is 0. The van der Waals surface area contributed by atoms with Gasteiger partial charge >= 0.3 is 0 Å². The molecule has 1 saturated carbocycles. The number of benzene rings is 1. The largest absolute Gasteiger partial charge is 0.486 e. The van der Waals surface area contributed by atoms with Gasteiger partial charge in [-0.2, -0.15) is 0 Å². The molecule has 152 valence electrons. The third kappa shape index (κ3) is 3.48. The van der Waals surface area contributed by atoms with Crippen molar-refractivity contribution in [3.8, 4) is 11.5 Å². The fraction of sp³-hybridized carbons (Fsp3) is 0.682. The molecule has 4 aliphatic rings. The van der Waals surface area contributed by atoms with Gasteiger partial charge in [0.25, 0.3) is 5.91 Å². The highest BCUT2D eigenvalue weighted by molar-refractivity contribution is 5.82. The van der Waals surface area contributed by atoms with E-state index in [2.05, 4.69) is 11.0 Å². The summed E-state index contributed by atoms with van der Waals surface area (Å²) in [5.74, 6) is 2.39. The van der Waals surface area contributed by atoms with E-state index in [9.17, 15) is 4.79 Å². The van der Waals surface area contributed by atoms with E-state index in [0.29, 0.717) is 44.2 Å². The molecule has 3 fully saturated rings. The third-order valence-electron chi connectivity index (χ3n) is 6.66. The van der Waals surface area contributed by atoms with Crippen molar-refractivity contribution in [1.82, 2.24) is 4.90 Å². The van der Waals surface area contributed by atoms with Crippen molar-refractivity contribution in [2.75, 3.05) is 33.0 Å². The predicted molar refractivity (Wildman–Crippen MR) is 102 cm³/mol. The lowest BCUT2D eigenvalue weighted by Gasteiger charge is -2.34. The minimum Gasteiger partial charge on any atom is -0.486 e. The molecule has 0 N–H and O–H groups in total. The molecule has 1 amide bonds. The molecule has 0 spiro atoms. The second-order valence-electron chi connectivity index (χ2n) is 8.42. The van der Waals surface area contributed by atoms with Crippen LogP contribution in [0.4, 0.5) is 0 Å². The number of rotatable bonds is 4. The summed E-state index contributed by atoms with van der Waals surface area (Å²) in [4.78, 5) is 15.7. The number of fused-ring (bicyclic) bond motifs is 2. The number of hydrogen-bond donors (Lipinski definition) is 0. The quantitative estimate of drug-likeness (QED) is 0.795. The lowest BCUT2D eigenvalue weighted by atomic mass is 9.86. The summed E-state index contributed by atoms with van der Waals surface area (Å²) in [7, 11) is 0. The molecule has 2 saturated heterocycles. The van der Waals surface area contributed by atoms with Gasteiger partial charge in [-0.3, -0.25) is 4.79 Å². The summed E-state index contributed by atoms with van der Waals surface area (Å²) in [6.07, 6.45) is 5.16. The first-order chi connectivity index (χ1) is 13.8. The predicted octanol–water partition coefficient (Wildman–Crippen LogP) is 2.78. The van der Waals surface area contributed by atoms with Crippen molar-refractivity contribution < 1.29 is 23.7 Å². The van der Waals surface area contributed by atoms with E-state index < -0.39 is 0 Å². The first-order valence-corrected chi connectivity index (χ1v) is 10.7. The van der Waals surface area contributed by atoms with Crippen molar-refractivity contribution in [3.63, 3.8) is 0 Å². The molecule has 1 aliphatic carbocycles. The second kappa shape index (κ2) is 7.91. The van der Waals surface area contributed by atoms with Crippen LogP contribution in [0, 0.1) is 11.8 Å². The maximum atomic E-state index is 13.6. The van der Waals surface area contributed by atoms with Crippen LogP contribution in [0.3, 0.4) is 0 Å². The molecule has 0 bridgehead atoms. The second-order valence-corrected chi connectivity index (χ2v) is 8.42. The van der Waals surface area contributed by atoms with Gasteiger partial charge in [0.05, 0.1) is 13.2 Å². The Morgan fingerprint density at radius 2 is 1.82 bits per heavy atom. The number of ether oxygens (including phenoxy) is 4. The Kier molecular flexibility index (Phi) is 5.16. The van der Waals surface area contributed by atoms with E-state index >= 15 is 0 Å². The SMILES string of the molecule is O=C(C1OCC2COCCC21)N(Cc1ccc2c(c1)OCCO2)C1CCCC1. The third-order valence-corrected chi connectivity index (χ3v) is 6.66. The Morgan fingerprint density at radius 1 is 1.00 bits per heavy atom. The fourth-order valence-corrected chi connectivity index (χ4v) is 5.14. The van der Waals surface area contributed by atoms with Crippen molar-refractivity contribution >= 4 is 5.91 Å². The van der Waals surface area contributed by atoms with Crippen molar-refractivity contribution in [3.05, 3.63) is 23.8 Å². The van der Waals surface area contributed by atoms with Crippen LogP contribution in [-0.4, -0.2) is 56.0 Å². The van der Waals surface area contributed by atoms with Gasteiger partial charge in [0.1, 0.15) is 19.3 Å². The first-order valence-electron chi connectivity index (χ1n) is 10.7. The summed E-state index contributed by atoms with van der Waals surface area (Å²) >= 11 is 0. The monoisotopic (exact) mass is 387 g/mol. The van der Waals surface area contributed by atoms with E-state index in [1.54, 1.807) is 0 Å². The maximum absolute atomic E-state index is 13.6. The molecule has 1 aromatic carbocycles. The molecule has 3 atom stereocenters. The van der Waals surface area contributed by atoms with Crippen molar-refractivity contribution in [2.24, 2.45) is 11.8 Å². The van der Waals surface area contributed by atoms with Gasteiger partial charge in [-0.05, 0) is 37.0 Å². The van der Waals surface area contributed by atoms with Crippen molar-refractivity contribution in [1.29, 1.82) is 0 Å². The number of carbonyl (C=O) groups excluding carboxylic acids is 1. The summed E-state index contributed by atoms with van der Waals surface area (Å²) in [5.41, 5.74) is 1.09. The Labute approximate surface area is 166 Å². The maximum Gasteiger partial charge on any atom is 0.252 e. The number of hydrogen-bond acceptors (Lipinski definition) is 5. The average Bonchev–Trinajstić information content (AvgIpc) is 3.41. The molecule has 1 aromatic rings. The number of nitrogens with zero attached hydrogens (tertiary/aromatic N) is 1. The minimum absolute atomic E-state index is 0.163. The minimum atomic E-state index is -0.313. The zero-order chi connectivity index (χ0) is 18.9. The lowest BCUT2D eigenvalue weighted by Crippen LogP contribution is -2.47. The van der Waals surface area contributed by atoms with Crippen molar-refractivity contribution in [2.45, 2.75) is 50.8 Å². The summed E-state index contributed by atoms with van der Waals surface area (Å²) in [6, 6.07) is 6.34. The average molecular weight is 387 g/mol. The van der Waals surface area contributed by atoms with Gasteiger partial charge in [-0.25, -0.2) is 0 Å². The van der Waals surface area contributed by atoms with E-state index in [4.69, 9.17) is 18.9 Å². The molecule has 3 heterocycles. The van der Waals surface area contributed by atoms with Gasteiger partial charge in [-0.1, -0.05) is 18.9 Å². The van der Waals surface area contributed by atoms with Gasteiger partial charge in [0.2, 0.25) is 0 Å². The van der Waals surface area contributed by atoms with Crippen LogP contribution in [0.1, 0.15) is 37.7 Å². The molecule has 28 heavy (non-hydrogen) atoms. The van der Waals surface area contributed by atoms with E-state index in [1.807, 2.05) is 12.1 Å². The zero-order valence-electron chi connectivity index (χ0n) is 16.3. The number of carbonyl (C=O) groups is 1. The molecular weight excluding hydrogens is 358 g/mol. The van der Waals surface area contributed by atoms with Crippen LogP contribution in [0.2, 0.25) is 0 Å². The van der Waals surface area contributed by atoms with Gasteiger partial charge in [0, 0.05) is 31.0 Å². The number of amides is 1. The van der Waals surface area contributed by atoms with E-state index in [-0.39, 0.29) is 12.0 Å². The highest BCUT2D eigenvalue weighted by Crippen LogP contribution is 2.37. The van der Waals surface area contributed by atoms with Gasteiger partial charge in [-0.15, -0.1) is 0 Å². The Balaban J connectivity index is 1.36. The Morgan fingerprint density at radius 3 is 2.68 bits per heavy atom. The Hall–Kier alpha value is -1.79. The van der Waals surface area contributed by atoms with Crippen LogP contribution in [0.5, 0.6) is 11.5 Å². The van der Waals surface area contributed by atoms with Gasteiger partial charge < -0.3 is 23.8 Å². The first kappa shape index (κ1) is 18.3. The molecular formula is C22H29NO5. The van der Waals surface area contributed by atoms with Crippen LogP contribution in [0.25, 0.3) is 0 Å². The normalized spacial score (nSPS) is 29.5. The highest BCUT2D eigenvalue weighted by atomic mass is 16.6. The van der Waals surface area contributed by atoms with E-state index in [1.165, 1.54) is 12.8 Å². The zero-order valence-corrected chi connectivity index (χ0v) is 16.3. The summed E-state index contributed by atoms with van der Waals surface area (Å²) in [6.45, 7) is 3.87. The van der Waals surface area contributed by atoms with Crippen LogP contribution in [-0.2, 0) is 20.8 Å². The van der Waals surface area contributed by atoms with Crippen LogP contribution in [0.15, 0.2) is 18.2 Å². The molecule has 5 rings (SSSR count). The standard InChI is InChI=1S/C22H29NO5/c24-22(21-18-7-8-25-13-16(18)14-28-21)23(17-3-1-2-4-17)12-15-5-6-19-20(11-15)27-10-9-26-19/h5-6,11,16-18,21H,1-4,7-10,12-14H2. The molecule has 3 unspecified atom stereocenters. The Bertz CT molecular complexity index is 717. The van der Waals surface area contributed by atoms with E-state index in [0.717, 1.165) is 49.5 Å². The lowest BCUT2D eigenvalue weighted by molar-refractivity contribution is -0.146. The molecule has 6 nitrogen and oxygen atoms in total. The fourth-order valence-electron chi connectivity index (χ4n) is 5.14. The molecule has 0 aromatic heterocycles. The molecule has 6 heteroatoms. The topological polar surface area (TPSA) is 57.2 Å². The molecule has 0 radical (unpaired) electrons.